The SMILES string of the molecule is O=C(O)c1ccc(/C=N/NC(=O)c2cc(Br)ccc2O)cc1. The number of halogens is 1. The van der Waals surface area contributed by atoms with Crippen molar-refractivity contribution in [2.75, 3.05) is 0 Å². The van der Waals surface area contributed by atoms with Gasteiger partial charge in [0.25, 0.3) is 5.91 Å². The van der Waals surface area contributed by atoms with Gasteiger partial charge in [-0.2, -0.15) is 5.10 Å². The molecule has 0 radical (unpaired) electrons. The largest absolute Gasteiger partial charge is 0.507 e. The maximum atomic E-state index is 11.9. The normalized spacial score (nSPS) is 10.6. The van der Waals surface area contributed by atoms with Crippen LogP contribution >= 0.6 is 15.9 Å². The van der Waals surface area contributed by atoms with Crippen LogP contribution < -0.4 is 5.43 Å². The van der Waals surface area contributed by atoms with E-state index in [0.29, 0.717) is 10.0 Å². The zero-order chi connectivity index (χ0) is 16.1. The highest BCUT2D eigenvalue weighted by atomic mass is 79.9. The Labute approximate surface area is 134 Å². The predicted molar refractivity (Wildman–Crippen MR) is 84.3 cm³/mol. The van der Waals surface area contributed by atoms with Crippen molar-refractivity contribution in [3.05, 3.63) is 63.6 Å². The second-order valence-corrected chi connectivity index (χ2v) is 5.20. The van der Waals surface area contributed by atoms with E-state index < -0.39 is 11.9 Å². The third-order valence-corrected chi connectivity index (χ3v) is 3.23. The maximum Gasteiger partial charge on any atom is 0.335 e. The molecular weight excluding hydrogens is 352 g/mol. The van der Waals surface area contributed by atoms with Gasteiger partial charge in [0.2, 0.25) is 0 Å². The Hall–Kier alpha value is -2.67. The van der Waals surface area contributed by atoms with Crippen molar-refractivity contribution in [3.63, 3.8) is 0 Å². The monoisotopic (exact) mass is 362 g/mol. The molecular formula is C15H11BrN2O4. The molecule has 6 nitrogen and oxygen atoms in total. The van der Waals surface area contributed by atoms with Gasteiger partial charge < -0.3 is 10.2 Å². The van der Waals surface area contributed by atoms with Crippen molar-refractivity contribution in [3.8, 4) is 5.75 Å². The van der Waals surface area contributed by atoms with Gasteiger partial charge in [-0.25, -0.2) is 10.2 Å². The van der Waals surface area contributed by atoms with Crippen molar-refractivity contribution < 1.29 is 19.8 Å². The van der Waals surface area contributed by atoms with Crippen LogP contribution in [0.3, 0.4) is 0 Å². The molecule has 0 atom stereocenters. The van der Waals surface area contributed by atoms with E-state index in [1.807, 2.05) is 0 Å². The molecule has 0 heterocycles. The lowest BCUT2D eigenvalue weighted by Gasteiger charge is -2.03. The summed E-state index contributed by atoms with van der Waals surface area (Å²) < 4.78 is 0.656. The molecule has 0 bridgehead atoms. The summed E-state index contributed by atoms with van der Waals surface area (Å²) in [4.78, 5) is 22.6. The average molecular weight is 363 g/mol. The number of carbonyl (C=O) groups excluding carboxylic acids is 1. The molecule has 0 spiro atoms. The first-order valence-corrected chi connectivity index (χ1v) is 6.92. The standard InChI is InChI=1S/C15H11BrN2O4/c16-11-5-6-13(19)12(7-11)14(20)18-17-8-9-1-3-10(4-2-9)15(21)22/h1-8,19H,(H,18,20)(H,21,22)/b17-8+. The molecule has 0 saturated heterocycles. The summed E-state index contributed by atoms with van der Waals surface area (Å²) in [7, 11) is 0. The lowest BCUT2D eigenvalue weighted by atomic mass is 10.1. The number of phenolic OH excluding ortho intramolecular Hbond substituents is 1. The number of carbonyl (C=O) groups is 2. The first-order valence-electron chi connectivity index (χ1n) is 6.12. The first kappa shape index (κ1) is 15.7. The number of aromatic hydroxyl groups is 1. The van der Waals surface area contributed by atoms with E-state index in [1.165, 1.54) is 30.5 Å². The highest BCUT2D eigenvalue weighted by Gasteiger charge is 2.10. The molecule has 0 unspecified atom stereocenters. The molecule has 0 aliphatic rings. The van der Waals surface area contributed by atoms with E-state index >= 15 is 0 Å². The van der Waals surface area contributed by atoms with E-state index in [2.05, 4.69) is 26.5 Å². The molecule has 0 aliphatic carbocycles. The summed E-state index contributed by atoms with van der Waals surface area (Å²) in [6.07, 6.45) is 1.37. The van der Waals surface area contributed by atoms with Crippen LogP contribution in [-0.4, -0.2) is 28.3 Å². The topological polar surface area (TPSA) is 99.0 Å². The highest BCUT2D eigenvalue weighted by Crippen LogP contribution is 2.21. The maximum absolute atomic E-state index is 11.9. The number of hydrazone groups is 1. The van der Waals surface area contributed by atoms with Crippen LogP contribution in [0.2, 0.25) is 0 Å². The van der Waals surface area contributed by atoms with E-state index in [0.717, 1.165) is 0 Å². The third-order valence-electron chi connectivity index (χ3n) is 2.74. The van der Waals surface area contributed by atoms with Crippen molar-refractivity contribution in [1.29, 1.82) is 0 Å². The number of aromatic carboxylic acids is 1. The van der Waals surface area contributed by atoms with Gasteiger partial charge in [-0.05, 0) is 35.9 Å². The highest BCUT2D eigenvalue weighted by molar-refractivity contribution is 9.10. The number of nitrogens with one attached hydrogen (secondary N) is 1. The van der Waals surface area contributed by atoms with Crippen LogP contribution in [0.4, 0.5) is 0 Å². The minimum absolute atomic E-state index is 0.0905. The summed E-state index contributed by atoms with van der Waals surface area (Å²) in [5.41, 5.74) is 3.17. The molecule has 22 heavy (non-hydrogen) atoms. The Kier molecular flexibility index (Phi) is 4.90. The number of hydrogen-bond donors (Lipinski definition) is 3. The smallest absolute Gasteiger partial charge is 0.335 e. The van der Waals surface area contributed by atoms with Gasteiger partial charge in [-0.3, -0.25) is 4.79 Å². The molecule has 3 N–H and O–H groups in total. The molecule has 2 rings (SSSR count). The molecule has 112 valence electrons. The van der Waals surface area contributed by atoms with Crippen molar-refractivity contribution in [2.24, 2.45) is 5.10 Å². The fourth-order valence-electron chi connectivity index (χ4n) is 1.63. The Balaban J connectivity index is 2.04. The second kappa shape index (κ2) is 6.86. The lowest BCUT2D eigenvalue weighted by molar-refractivity contribution is 0.0696. The number of benzene rings is 2. The van der Waals surface area contributed by atoms with Crippen LogP contribution in [0.25, 0.3) is 0 Å². The number of hydrogen-bond acceptors (Lipinski definition) is 4. The molecule has 2 aromatic rings. The van der Waals surface area contributed by atoms with Crippen LogP contribution in [0.1, 0.15) is 26.3 Å². The minimum Gasteiger partial charge on any atom is -0.507 e. The van der Waals surface area contributed by atoms with Crippen LogP contribution in [0.5, 0.6) is 5.75 Å². The van der Waals surface area contributed by atoms with E-state index in [4.69, 9.17) is 5.11 Å². The van der Waals surface area contributed by atoms with Gasteiger partial charge in [-0.15, -0.1) is 0 Å². The molecule has 0 aliphatic heterocycles. The summed E-state index contributed by atoms with van der Waals surface area (Å²) in [6.45, 7) is 0. The number of carboxylic acid groups (broad SMARTS) is 1. The third kappa shape index (κ3) is 3.92. The van der Waals surface area contributed by atoms with Crippen molar-refractivity contribution >= 4 is 34.0 Å². The zero-order valence-electron chi connectivity index (χ0n) is 11.2. The molecule has 0 fully saturated rings. The molecule has 1 amide bonds. The van der Waals surface area contributed by atoms with E-state index in [-0.39, 0.29) is 16.9 Å². The van der Waals surface area contributed by atoms with E-state index in [9.17, 15) is 14.7 Å². The van der Waals surface area contributed by atoms with Crippen LogP contribution in [0.15, 0.2) is 52.0 Å². The number of phenols is 1. The Morgan fingerprint density at radius 3 is 2.45 bits per heavy atom. The Morgan fingerprint density at radius 1 is 1.14 bits per heavy atom. The summed E-state index contributed by atoms with van der Waals surface area (Å²) in [5, 5.41) is 22.2. The fourth-order valence-corrected chi connectivity index (χ4v) is 1.99. The Morgan fingerprint density at radius 2 is 1.82 bits per heavy atom. The van der Waals surface area contributed by atoms with Gasteiger partial charge in [0.05, 0.1) is 17.3 Å². The van der Waals surface area contributed by atoms with Gasteiger partial charge >= 0.3 is 5.97 Å². The average Bonchev–Trinajstić information content (AvgIpc) is 2.50. The summed E-state index contributed by atoms with van der Waals surface area (Å²) in [5.74, 6) is -1.72. The number of rotatable bonds is 4. The van der Waals surface area contributed by atoms with Gasteiger partial charge in [0.1, 0.15) is 5.75 Å². The lowest BCUT2D eigenvalue weighted by Crippen LogP contribution is -2.17. The molecule has 7 heteroatoms. The van der Waals surface area contributed by atoms with Gasteiger partial charge in [0, 0.05) is 4.47 Å². The summed E-state index contributed by atoms with van der Waals surface area (Å²) in [6, 6.07) is 10.5. The number of amides is 1. The van der Waals surface area contributed by atoms with Crippen LogP contribution in [-0.2, 0) is 0 Å². The van der Waals surface area contributed by atoms with E-state index in [1.54, 1.807) is 18.2 Å². The predicted octanol–water partition coefficient (Wildman–Crippen LogP) is 2.62. The fraction of sp³-hybridized carbons (Fsp3) is 0. The quantitative estimate of drug-likeness (QED) is 0.574. The van der Waals surface area contributed by atoms with Crippen molar-refractivity contribution in [1.82, 2.24) is 5.43 Å². The minimum atomic E-state index is -1.01. The van der Waals surface area contributed by atoms with Gasteiger partial charge in [-0.1, -0.05) is 28.1 Å². The number of nitrogens with zero attached hydrogens (tertiary/aromatic N) is 1. The molecule has 2 aromatic carbocycles. The second-order valence-electron chi connectivity index (χ2n) is 4.29. The van der Waals surface area contributed by atoms with Gasteiger partial charge in [0.15, 0.2) is 0 Å². The molecule has 0 aromatic heterocycles. The summed E-state index contributed by atoms with van der Waals surface area (Å²) >= 11 is 3.21. The van der Waals surface area contributed by atoms with Crippen LogP contribution in [0, 0.1) is 0 Å². The number of carboxylic acids is 1. The zero-order valence-corrected chi connectivity index (χ0v) is 12.7. The van der Waals surface area contributed by atoms with Crippen molar-refractivity contribution in [2.45, 2.75) is 0 Å². The first-order chi connectivity index (χ1) is 10.5. The molecule has 0 saturated carbocycles. The Bertz CT molecular complexity index is 742.